The predicted octanol–water partition coefficient (Wildman–Crippen LogP) is 4.06. The lowest BCUT2D eigenvalue weighted by Crippen LogP contribution is -2.31. The second-order valence-corrected chi connectivity index (χ2v) is 9.02. The summed E-state index contributed by atoms with van der Waals surface area (Å²) in [5, 5.41) is 2.83. The van der Waals surface area contributed by atoms with Crippen LogP contribution >= 0.6 is 0 Å². The summed E-state index contributed by atoms with van der Waals surface area (Å²) in [7, 11) is -3.47. The second kappa shape index (κ2) is 10.9. The lowest BCUT2D eigenvalue weighted by atomic mass is 10.2. The Morgan fingerprint density at radius 2 is 1.80 bits per heavy atom. The van der Waals surface area contributed by atoms with E-state index in [1.807, 2.05) is 32.9 Å². The standard InChI is InChI=1S/C22H30N2O5S/c1-5-28-20-13-11-19(12-14-20)24(30(4,26)27)15-7-10-22(25)23-18-8-6-9-21(16-18)29-17(2)3/h6,8-9,11-14,16-17H,5,7,10,15H2,1-4H3,(H,23,25). The fraction of sp³-hybridized carbons (Fsp3) is 0.409. The third kappa shape index (κ3) is 7.59. The van der Waals surface area contributed by atoms with Gasteiger partial charge >= 0.3 is 0 Å². The molecular formula is C22H30N2O5S. The van der Waals surface area contributed by atoms with Crippen molar-refractivity contribution in [2.45, 2.75) is 39.7 Å². The number of anilines is 2. The van der Waals surface area contributed by atoms with Gasteiger partial charge in [-0.15, -0.1) is 0 Å². The van der Waals surface area contributed by atoms with Crippen molar-refractivity contribution in [3.63, 3.8) is 0 Å². The summed E-state index contributed by atoms with van der Waals surface area (Å²) >= 11 is 0. The Hall–Kier alpha value is -2.74. The molecule has 0 spiro atoms. The maximum absolute atomic E-state index is 12.3. The fourth-order valence-corrected chi connectivity index (χ4v) is 3.85. The molecule has 0 saturated carbocycles. The van der Waals surface area contributed by atoms with Crippen LogP contribution in [0.4, 0.5) is 11.4 Å². The molecule has 0 unspecified atom stereocenters. The third-order valence-electron chi connectivity index (χ3n) is 4.09. The number of carbonyl (C=O) groups is 1. The van der Waals surface area contributed by atoms with Gasteiger partial charge in [0.2, 0.25) is 15.9 Å². The maximum atomic E-state index is 12.3. The van der Waals surface area contributed by atoms with Gasteiger partial charge in [0.1, 0.15) is 11.5 Å². The topological polar surface area (TPSA) is 84.9 Å². The number of benzene rings is 2. The highest BCUT2D eigenvalue weighted by Crippen LogP contribution is 2.23. The van der Waals surface area contributed by atoms with Gasteiger partial charge in [-0.1, -0.05) is 6.07 Å². The molecule has 2 aromatic rings. The Kier molecular flexibility index (Phi) is 8.53. The average molecular weight is 435 g/mol. The quantitative estimate of drug-likeness (QED) is 0.577. The SMILES string of the molecule is CCOc1ccc(N(CCCC(=O)Nc2cccc(OC(C)C)c2)S(C)(=O)=O)cc1. The maximum Gasteiger partial charge on any atom is 0.232 e. The van der Waals surface area contributed by atoms with Crippen molar-refractivity contribution in [1.82, 2.24) is 0 Å². The normalized spacial score (nSPS) is 11.2. The van der Waals surface area contributed by atoms with E-state index in [1.54, 1.807) is 36.4 Å². The highest BCUT2D eigenvalue weighted by molar-refractivity contribution is 7.92. The molecule has 2 aromatic carbocycles. The molecule has 8 heteroatoms. The lowest BCUT2D eigenvalue weighted by molar-refractivity contribution is -0.116. The first-order valence-corrected chi connectivity index (χ1v) is 11.8. The van der Waals surface area contributed by atoms with E-state index in [0.29, 0.717) is 35.9 Å². The number of hydrogen-bond acceptors (Lipinski definition) is 5. The van der Waals surface area contributed by atoms with E-state index in [1.165, 1.54) is 4.31 Å². The van der Waals surface area contributed by atoms with E-state index in [2.05, 4.69) is 5.32 Å². The summed E-state index contributed by atoms with van der Waals surface area (Å²) in [4.78, 5) is 12.3. The molecule has 0 aliphatic heterocycles. The summed E-state index contributed by atoms with van der Waals surface area (Å²) < 4.78 is 36.7. The van der Waals surface area contributed by atoms with Crippen molar-refractivity contribution in [2.75, 3.05) is 29.0 Å². The van der Waals surface area contributed by atoms with Crippen LogP contribution in [0.5, 0.6) is 11.5 Å². The van der Waals surface area contributed by atoms with Crippen LogP contribution < -0.4 is 19.1 Å². The van der Waals surface area contributed by atoms with Crippen LogP contribution in [0.1, 0.15) is 33.6 Å². The smallest absolute Gasteiger partial charge is 0.232 e. The minimum absolute atomic E-state index is 0.0422. The molecular weight excluding hydrogens is 404 g/mol. The van der Waals surface area contributed by atoms with Crippen LogP contribution in [0.2, 0.25) is 0 Å². The minimum atomic E-state index is -3.47. The first kappa shape index (κ1) is 23.5. The molecule has 1 N–H and O–H groups in total. The summed E-state index contributed by atoms with van der Waals surface area (Å²) in [5.41, 5.74) is 1.18. The molecule has 0 fully saturated rings. The number of hydrogen-bond donors (Lipinski definition) is 1. The number of ether oxygens (including phenoxy) is 2. The zero-order valence-corrected chi connectivity index (χ0v) is 18.7. The van der Waals surface area contributed by atoms with Gasteiger partial charge in [-0.2, -0.15) is 0 Å². The Labute approximate surface area is 179 Å². The van der Waals surface area contributed by atoms with Crippen LogP contribution in [0.15, 0.2) is 48.5 Å². The van der Waals surface area contributed by atoms with E-state index in [-0.39, 0.29) is 25.0 Å². The molecule has 0 aliphatic carbocycles. The van der Waals surface area contributed by atoms with Gasteiger partial charge in [-0.05, 0) is 63.6 Å². The molecule has 0 heterocycles. The van der Waals surface area contributed by atoms with Gasteiger partial charge in [0.25, 0.3) is 0 Å². The van der Waals surface area contributed by atoms with E-state index in [9.17, 15) is 13.2 Å². The third-order valence-corrected chi connectivity index (χ3v) is 5.28. The molecule has 164 valence electrons. The summed E-state index contributed by atoms with van der Waals surface area (Å²) in [5.74, 6) is 1.18. The number of carbonyl (C=O) groups excluding carboxylic acids is 1. The van der Waals surface area contributed by atoms with Crippen LogP contribution in [0, 0.1) is 0 Å². The van der Waals surface area contributed by atoms with Gasteiger partial charge in [-0.3, -0.25) is 9.10 Å². The summed E-state index contributed by atoms with van der Waals surface area (Å²) in [6.07, 6.45) is 1.77. The largest absolute Gasteiger partial charge is 0.494 e. The summed E-state index contributed by atoms with van der Waals surface area (Å²) in [6.45, 7) is 6.50. The van der Waals surface area contributed by atoms with Crippen molar-refractivity contribution in [1.29, 1.82) is 0 Å². The number of nitrogens with zero attached hydrogens (tertiary/aromatic N) is 1. The van der Waals surface area contributed by atoms with Crippen molar-refractivity contribution in [2.24, 2.45) is 0 Å². The lowest BCUT2D eigenvalue weighted by Gasteiger charge is -2.22. The monoisotopic (exact) mass is 434 g/mol. The highest BCUT2D eigenvalue weighted by atomic mass is 32.2. The zero-order chi connectivity index (χ0) is 22.1. The van der Waals surface area contributed by atoms with E-state index < -0.39 is 10.0 Å². The molecule has 1 amide bonds. The first-order valence-electron chi connectivity index (χ1n) is 9.96. The van der Waals surface area contributed by atoms with E-state index in [4.69, 9.17) is 9.47 Å². The molecule has 0 bridgehead atoms. The predicted molar refractivity (Wildman–Crippen MR) is 120 cm³/mol. The van der Waals surface area contributed by atoms with E-state index in [0.717, 1.165) is 6.26 Å². The Morgan fingerprint density at radius 1 is 1.10 bits per heavy atom. The van der Waals surface area contributed by atoms with Crippen molar-refractivity contribution in [3.8, 4) is 11.5 Å². The molecule has 0 aliphatic rings. The van der Waals surface area contributed by atoms with Crippen LogP contribution in [0.3, 0.4) is 0 Å². The minimum Gasteiger partial charge on any atom is -0.494 e. The van der Waals surface area contributed by atoms with Crippen molar-refractivity contribution < 1.29 is 22.7 Å². The van der Waals surface area contributed by atoms with Crippen LogP contribution in [-0.2, 0) is 14.8 Å². The van der Waals surface area contributed by atoms with E-state index >= 15 is 0 Å². The van der Waals surface area contributed by atoms with Crippen LogP contribution in [0.25, 0.3) is 0 Å². The number of sulfonamides is 1. The van der Waals surface area contributed by atoms with Gasteiger partial charge < -0.3 is 14.8 Å². The van der Waals surface area contributed by atoms with Gasteiger partial charge in [0, 0.05) is 24.7 Å². The second-order valence-electron chi connectivity index (χ2n) is 7.11. The molecule has 0 atom stereocenters. The molecule has 7 nitrogen and oxygen atoms in total. The Bertz CT molecular complexity index is 927. The van der Waals surface area contributed by atoms with Gasteiger partial charge in [0.15, 0.2) is 0 Å². The Morgan fingerprint density at radius 3 is 2.40 bits per heavy atom. The number of rotatable bonds is 11. The van der Waals surface area contributed by atoms with Crippen LogP contribution in [-0.4, -0.2) is 39.8 Å². The average Bonchev–Trinajstić information content (AvgIpc) is 2.65. The number of nitrogens with one attached hydrogen (secondary N) is 1. The summed E-state index contributed by atoms with van der Waals surface area (Å²) in [6, 6.07) is 14.1. The molecule has 0 saturated heterocycles. The highest BCUT2D eigenvalue weighted by Gasteiger charge is 2.18. The number of amides is 1. The molecule has 0 radical (unpaired) electrons. The zero-order valence-electron chi connectivity index (χ0n) is 17.9. The molecule has 2 rings (SSSR count). The van der Waals surface area contributed by atoms with Crippen molar-refractivity contribution in [3.05, 3.63) is 48.5 Å². The van der Waals surface area contributed by atoms with Gasteiger partial charge in [-0.25, -0.2) is 8.42 Å². The van der Waals surface area contributed by atoms with Gasteiger partial charge in [0.05, 0.1) is 24.7 Å². The molecule has 0 aromatic heterocycles. The fourth-order valence-electron chi connectivity index (χ4n) is 2.89. The van der Waals surface area contributed by atoms with Crippen molar-refractivity contribution >= 4 is 27.3 Å². The Balaban J connectivity index is 1.94. The first-order chi connectivity index (χ1) is 14.2. The molecule has 30 heavy (non-hydrogen) atoms.